The highest BCUT2D eigenvalue weighted by Crippen LogP contribution is 2.02. The van der Waals surface area contributed by atoms with E-state index in [0.29, 0.717) is 0 Å². The van der Waals surface area contributed by atoms with E-state index in [0.717, 1.165) is 24.9 Å². The Balaban J connectivity index is 2.66. The van der Waals surface area contributed by atoms with Gasteiger partial charge in [-0.05, 0) is 6.54 Å². The second-order valence-electron chi connectivity index (χ2n) is 2.53. The van der Waals surface area contributed by atoms with Gasteiger partial charge >= 0.3 is 0 Å². The smallest absolute Gasteiger partial charge is 0.224 e. The Hall–Kier alpha value is -1.10. The first-order valence-corrected chi connectivity index (χ1v) is 4.06. The fourth-order valence-electron chi connectivity index (χ4n) is 0.970. The van der Waals surface area contributed by atoms with E-state index in [2.05, 4.69) is 27.8 Å². The summed E-state index contributed by atoms with van der Waals surface area (Å²) in [6.07, 6.45) is 0. The number of hydrogen-bond donors (Lipinski definition) is 2. The van der Waals surface area contributed by atoms with Gasteiger partial charge in [-0.3, -0.25) is 4.57 Å². The van der Waals surface area contributed by atoms with Crippen molar-refractivity contribution >= 4 is 5.95 Å². The Morgan fingerprint density at radius 1 is 1.42 bits per heavy atom. The van der Waals surface area contributed by atoms with Crippen molar-refractivity contribution in [2.24, 2.45) is 7.05 Å². The van der Waals surface area contributed by atoms with Gasteiger partial charge in [-0.2, -0.15) is 0 Å². The monoisotopic (exact) mass is 169 g/mol. The second kappa shape index (κ2) is 4.06. The second-order valence-corrected chi connectivity index (χ2v) is 2.53. The molecule has 12 heavy (non-hydrogen) atoms. The van der Waals surface area contributed by atoms with Gasteiger partial charge in [0.1, 0.15) is 5.82 Å². The van der Waals surface area contributed by atoms with Gasteiger partial charge in [0, 0.05) is 14.1 Å². The minimum atomic E-state index is 0.766. The fraction of sp³-hybridized carbons (Fsp3) is 0.714. The van der Waals surface area contributed by atoms with E-state index >= 15 is 0 Å². The largest absolute Gasteiger partial charge is 0.357 e. The van der Waals surface area contributed by atoms with Crippen LogP contribution in [-0.4, -0.2) is 28.4 Å². The molecule has 2 N–H and O–H groups in total. The number of nitrogens with zero attached hydrogens (tertiary/aromatic N) is 3. The normalized spacial score (nSPS) is 10.2. The summed E-state index contributed by atoms with van der Waals surface area (Å²) < 4.78 is 1.93. The van der Waals surface area contributed by atoms with E-state index < -0.39 is 0 Å². The van der Waals surface area contributed by atoms with Gasteiger partial charge in [-0.1, -0.05) is 6.92 Å². The number of aromatic nitrogens is 3. The van der Waals surface area contributed by atoms with Gasteiger partial charge in [0.15, 0.2) is 0 Å². The molecule has 5 nitrogen and oxygen atoms in total. The molecular formula is C7H15N5. The Morgan fingerprint density at radius 3 is 2.67 bits per heavy atom. The molecule has 0 fully saturated rings. The molecular weight excluding hydrogens is 154 g/mol. The van der Waals surface area contributed by atoms with Crippen LogP contribution in [0.4, 0.5) is 5.95 Å². The van der Waals surface area contributed by atoms with Crippen LogP contribution in [-0.2, 0) is 13.6 Å². The highest BCUT2D eigenvalue weighted by Gasteiger charge is 2.04. The van der Waals surface area contributed by atoms with Crippen molar-refractivity contribution in [2.45, 2.75) is 13.5 Å². The van der Waals surface area contributed by atoms with Crippen LogP contribution in [0.15, 0.2) is 0 Å². The average molecular weight is 169 g/mol. The first-order chi connectivity index (χ1) is 5.79. The summed E-state index contributed by atoms with van der Waals surface area (Å²) in [6, 6.07) is 0. The predicted octanol–water partition coefficient (Wildman–Crippen LogP) is -0.0337. The number of rotatable bonds is 4. The molecule has 0 saturated heterocycles. The van der Waals surface area contributed by atoms with Crippen LogP contribution in [0.1, 0.15) is 12.7 Å². The summed E-state index contributed by atoms with van der Waals surface area (Å²) in [7, 11) is 3.78. The van der Waals surface area contributed by atoms with Crippen molar-refractivity contribution in [3.8, 4) is 0 Å². The summed E-state index contributed by atoms with van der Waals surface area (Å²) in [5.41, 5.74) is 0. The van der Waals surface area contributed by atoms with E-state index in [4.69, 9.17) is 0 Å². The molecule has 0 saturated carbocycles. The molecule has 0 radical (unpaired) electrons. The molecule has 0 aromatic carbocycles. The standard InChI is InChI=1S/C7H15N5/c1-4-9-5-6-10-11-7(8-2)12(6)3/h9H,4-5H2,1-3H3,(H,8,11). The lowest BCUT2D eigenvalue weighted by Gasteiger charge is -2.02. The van der Waals surface area contributed by atoms with Crippen molar-refractivity contribution < 1.29 is 0 Å². The molecule has 0 aliphatic carbocycles. The molecule has 0 unspecified atom stereocenters. The van der Waals surface area contributed by atoms with Gasteiger partial charge in [-0.15, -0.1) is 10.2 Å². The summed E-state index contributed by atoms with van der Waals surface area (Å²) in [5, 5.41) is 14.1. The summed E-state index contributed by atoms with van der Waals surface area (Å²) in [6.45, 7) is 3.78. The SMILES string of the molecule is CCNCc1nnc(NC)n1C. The van der Waals surface area contributed by atoms with E-state index in [1.165, 1.54) is 0 Å². The van der Waals surface area contributed by atoms with Gasteiger partial charge in [-0.25, -0.2) is 0 Å². The van der Waals surface area contributed by atoms with E-state index in [1.807, 2.05) is 18.7 Å². The number of hydrogen-bond acceptors (Lipinski definition) is 4. The number of nitrogens with one attached hydrogen (secondary N) is 2. The maximum absolute atomic E-state index is 4.01. The predicted molar refractivity (Wildman–Crippen MR) is 47.9 cm³/mol. The van der Waals surface area contributed by atoms with Crippen molar-refractivity contribution in [1.82, 2.24) is 20.1 Å². The topological polar surface area (TPSA) is 54.8 Å². The van der Waals surface area contributed by atoms with Gasteiger partial charge in [0.2, 0.25) is 5.95 Å². The molecule has 1 rings (SSSR count). The zero-order valence-electron chi connectivity index (χ0n) is 7.76. The molecule has 1 aromatic rings. The zero-order chi connectivity index (χ0) is 8.97. The zero-order valence-corrected chi connectivity index (χ0v) is 7.76. The van der Waals surface area contributed by atoms with Crippen LogP contribution in [0.2, 0.25) is 0 Å². The third-order valence-corrected chi connectivity index (χ3v) is 1.72. The Bertz CT molecular complexity index is 242. The third-order valence-electron chi connectivity index (χ3n) is 1.72. The quantitative estimate of drug-likeness (QED) is 0.664. The molecule has 0 bridgehead atoms. The molecule has 0 atom stereocenters. The van der Waals surface area contributed by atoms with Crippen molar-refractivity contribution in [3.05, 3.63) is 5.82 Å². The molecule has 1 heterocycles. The van der Waals surface area contributed by atoms with Gasteiger partial charge < -0.3 is 10.6 Å². The van der Waals surface area contributed by atoms with E-state index in [9.17, 15) is 0 Å². The minimum absolute atomic E-state index is 0.766. The lowest BCUT2D eigenvalue weighted by atomic mass is 10.5. The lowest BCUT2D eigenvalue weighted by Crippen LogP contribution is -2.15. The van der Waals surface area contributed by atoms with Crippen molar-refractivity contribution in [2.75, 3.05) is 18.9 Å². The fourth-order valence-corrected chi connectivity index (χ4v) is 0.970. The van der Waals surface area contributed by atoms with Gasteiger partial charge in [0.25, 0.3) is 0 Å². The van der Waals surface area contributed by atoms with Crippen LogP contribution >= 0.6 is 0 Å². The average Bonchev–Trinajstić information content (AvgIpc) is 2.43. The molecule has 68 valence electrons. The van der Waals surface area contributed by atoms with E-state index in [-0.39, 0.29) is 0 Å². The Kier molecular flexibility index (Phi) is 3.04. The van der Waals surface area contributed by atoms with Crippen LogP contribution in [0.5, 0.6) is 0 Å². The Morgan fingerprint density at radius 2 is 2.17 bits per heavy atom. The molecule has 1 aromatic heterocycles. The first-order valence-electron chi connectivity index (χ1n) is 4.06. The summed E-state index contributed by atoms with van der Waals surface area (Å²) in [5.74, 6) is 1.74. The van der Waals surface area contributed by atoms with Crippen LogP contribution < -0.4 is 10.6 Å². The molecule has 0 spiro atoms. The summed E-state index contributed by atoms with van der Waals surface area (Å²) >= 11 is 0. The van der Waals surface area contributed by atoms with Crippen molar-refractivity contribution in [3.63, 3.8) is 0 Å². The maximum atomic E-state index is 4.01. The molecule has 5 heteroatoms. The summed E-state index contributed by atoms with van der Waals surface area (Å²) in [4.78, 5) is 0. The van der Waals surface area contributed by atoms with E-state index in [1.54, 1.807) is 0 Å². The third kappa shape index (κ3) is 1.73. The highest BCUT2D eigenvalue weighted by molar-refractivity contribution is 5.23. The lowest BCUT2D eigenvalue weighted by molar-refractivity contribution is 0.661. The first kappa shape index (κ1) is 8.99. The van der Waals surface area contributed by atoms with Crippen molar-refractivity contribution in [1.29, 1.82) is 0 Å². The highest BCUT2D eigenvalue weighted by atomic mass is 15.3. The molecule has 0 aliphatic heterocycles. The van der Waals surface area contributed by atoms with Crippen LogP contribution in [0.3, 0.4) is 0 Å². The molecule has 0 amide bonds. The minimum Gasteiger partial charge on any atom is -0.357 e. The maximum Gasteiger partial charge on any atom is 0.224 e. The Labute approximate surface area is 72.2 Å². The molecule has 0 aliphatic rings. The van der Waals surface area contributed by atoms with Crippen LogP contribution in [0.25, 0.3) is 0 Å². The van der Waals surface area contributed by atoms with Gasteiger partial charge in [0.05, 0.1) is 6.54 Å². The van der Waals surface area contributed by atoms with Crippen LogP contribution in [0, 0.1) is 0 Å². The number of anilines is 1.